The van der Waals surface area contributed by atoms with Gasteiger partial charge in [-0.3, -0.25) is 9.59 Å². The van der Waals surface area contributed by atoms with E-state index in [1.54, 1.807) is 34.4 Å². The summed E-state index contributed by atoms with van der Waals surface area (Å²) in [5.74, 6) is -1.09. The van der Waals surface area contributed by atoms with E-state index < -0.39 is 18.0 Å². The molecule has 0 radical (unpaired) electrons. The fourth-order valence-corrected chi connectivity index (χ4v) is 3.99. The number of carbonyl (C=O) groups excluding carboxylic acids is 2. The standard InChI is InChI=1S/C20H26FN5O2S/c21-15-5-1-2-6-16(15)25-9-11-26(12-10-25)20(28)18(23)17(22)19(27)24-8-7-14-4-3-13-29-14/h1-6,13,17-18H,7-12,22-23H2,(H,24,27)/t17-,18-/m1/s1. The Balaban J connectivity index is 1.47. The molecular weight excluding hydrogens is 393 g/mol. The van der Waals surface area contributed by atoms with Gasteiger partial charge in [-0.2, -0.15) is 0 Å². The highest BCUT2D eigenvalue weighted by Crippen LogP contribution is 2.20. The minimum absolute atomic E-state index is 0.287. The van der Waals surface area contributed by atoms with Gasteiger partial charge in [0.25, 0.3) is 0 Å². The van der Waals surface area contributed by atoms with Crippen molar-refractivity contribution in [3.63, 3.8) is 0 Å². The molecule has 2 heterocycles. The first kappa shape index (κ1) is 21.2. The second-order valence-electron chi connectivity index (χ2n) is 6.94. The Morgan fingerprint density at radius 1 is 1.07 bits per heavy atom. The first-order chi connectivity index (χ1) is 14.0. The van der Waals surface area contributed by atoms with Crippen molar-refractivity contribution in [3.05, 3.63) is 52.5 Å². The first-order valence-corrected chi connectivity index (χ1v) is 10.4. The highest BCUT2D eigenvalue weighted by molar-refractivity contribution is 7.09. The molecule has 1 aromatic heterocycles. The molecule has 3 rings (SSSR count). The Morgan fingerprint density at radius 2 is 1.79 bits per heavy atom. The Hall–Kier alpha value is -2.49. The third-order valence-electron chi connectivity index (χ3n) is 5.01. The Kier molecular flexibility index (Phi) is 7.18. The minimum atomic E-state index is -1.12. The molecule has 7 nitrogen and oxygen atoms in total. The van der Waals surface area contributed by atoms with Gasteiger partial charge in [0.1, 0.15) is 17.9 Å². The molecule has 0 bridgehead atoms. The zero-order chi connectivity index (χ0) is 20.8. The zero-order valence-corrected chi connectivity index (χ0v) is 16.9. The summed E-state index contributed by atoms with van der Waals surface area (Å²) in [7, 11) is 0. The van der Waals surface area contributed by atoms with Crippen molar-refractivity contribution in [2.75, 3.05) is 37.6 Å². The average molecular weight is 420 g/mol. The molecule has 1 aliphatic rings. The third-order valence-corrected chi connectivity index (χ3v) is 5.95. The molecule has 0 spiro atoms. The fourth-order valence-electron chi connectivity index (χ4n) is 3.29. The maximum Gasteiger partial charge on any atom is 0.241 e. The van der Waals surface area contributed by atoms with Crippen LogP contribution in [0.2, 0.25) is 0 Å². The van der Waals surface area contributed by atoms with E-state index in [0.717, 1.165) is 4.88 Å². The number of benzene rings is 1. The van der Waals surface area contributed by atoms with E-state index >= 15 is 0 Å². The van der Waals surface area contributed by atoms with E-state index in [4.69, 9.17) is 11.5 Å². The average Bonchev–Trinajstić information content (AvgIpc) is 3.26. The molecule has 1 aromatic carbocycles. The number of hydrogen-bond acceptors (Lipinski definition) is 6. The molecule has 0 saturated carbocycles. The summed E-state index contributed by atoms with van der Waals surface area (Å²) in [6.45, 7) is 2.21. The maximum atomic E-state index is 13.9. The van der Waals surface area contributed by atoms with Crippen LogP contribution in [0.5, 0.6) is 0 Å². The predicted octanol–water partition coefficient (Wildman–Crippen LogP) is 0.549. The summed E-state index contributed by atoms with van der Waals surface area (Å²) >= 11 is 1.62. The molecule has 5 N–H and O–H groups in total. The van der Waals surface area contributed by atoms with Crippen molar-refractivity contribution in [2.24, 2.45) is 11.5 Å². The molecule has 29 heavy (non-hydrogen) atoms. The Labute approximate surface area is 173 Å². The van der Waals surface area contributed by atoms with Crippen molar-refractivity contribution in [1.82, 2.24) is 10.2 Å². The third kappa shape index (κ3) is 5.31. The van der Waals surface area contributed by atoms with Gasteiger partial charge in [-0.25, -0.2) is 4.39 Å². The maximum absolute atomic E-state index is 13.9. The second kappa shape index (κ2) is 9.82. The number of nitrogens with two attached hydrogens (primary N) is 2. The SMILES string of the molecule is N[C@@H](C(=O)NCCc1cccs1)[C@@H](N)C(=O)N1CCN(c2ccccc2F)CC1. The van der Waals surface area contributed by atoms with Gasteiger partial charge in [-0.05, 0) is 30.0 Å². The van der Waals surface area contributed by atoms with Crippen LogP contribution in [0, 0.1) is 5.82 Å². The van der Waals surface area contributed by atoms with Gasteiger partial charge in [-0.1, -0.05) is 18.2 Å². The number of para-hydroxylation sites is 1. The van der Waals surface area contributed by atoms with E-state index in [9.17, 15) is 14.0 Å². The number of halogens is 1. The largest absolute Gasteiger partial charge is 0.366 e. The van der Waals surface area contributed by atoms with Crippen molar-refractivity contribution >= 4 is 28.8 Å². The van der Waals surface area contributed by atoms with Gasteiger partial charge in [-0.15, -0.1) is 11.3 Å². The number of nitrogens with zero attached hydrogens (tertiary/aromatic N) is 2. The summed E-state index contributed by atoms with van der Waals surface area (Å²) in [5.41, 5.74) is 12.4. The number of rotatable bonds is 7. The van der Waals surface area contributed by atoms with Crippen molar-refractivity contribution in [3.8, 4) is 0 Å². The summed E-state index contributed by atoms with van der Waals surface area (Å²) in [6.07, 6.45) is 0.706. The number of hydrogen-bond donors (Lipinski definition) is 3. The van der Waals surface area contributed by atoms with Crippen molar-refractivity contribution < 1.29 is 14.0 Å². The van der Waals surface area contributed by atoms with E-state index in [2.05, 4.69) is 5.32 Å². The Bertz CT molecular complexity index is 824. The Morgan fingerprint density at radius 3 is 2.45 bits per heavy atom. The molecule has 2 aromatic rings. The first-order valence-electron chi connectivity index (χ1n) is 9.57. The molecule has 0 aliphatic carbocycles. The summed E-state index contributed by atoms with van der Waals surface area (Å²) in [4.78, 5) is 29.5. The second-order valence-corrected chi connectivity index (χ2v) is 7.97. The monoisotopic (exact) mass is 419 g/mol. The topological polar surface area (TPSA) is 105 Å². The lowest BCUT2D eigenvalue weighted by atomic mass is 10.1. The number of piperazine rings is 1. The van der Waals surface area contributed by atoms with Crippen LogP contribution in [0.1, 0.15) is 4.88 Å². The summed E-state index contributed by atoms with van der Waals surface area (Å²) in [5, 5.41) is 4.71. The van der Waals surface area contributed by atoms with E-state index in [1.165, 1.54) is 6.07 Å². The number of anilines is 1. The van der Waals surface area contributed by atoms with E-state index in [0.29, 0.717) is 44.8 Å². The van der Waals surface area contributed by atoms with Crippen LogP contribution >= 0.6 is 11.3 Å². The molecule has 2 atom stereocenters. The summed E-state index contributed by atoms with van der Waals surface area (Å²) < 4.78 is 13.9. The molecule has 2 amide bonds. The highest BCUT2D eigenvalue weighted by atomic mass is 32.1. The van der Waals surface area contributed by atoms with Crippen LogP contribution < -0.4 is 21.7 Å². The number of carbonyl (C=O) groups is 2. The molecule has 1 fully saturated rings. The molecule has 9 heteroatoms. The predicted molar refractivity (Wildman–Crippen MR) is 112 cm³/mol. The van der Waals surface area contributed by atoms with E-state index in [-0.39, 0.29) is 11.7 Å². The van der Waals surface area contributed by atoms with Crippen LogP contribution in [0.25, 0.3) is 0 Å². The van der Waals surface area contributed by atoms with Gasteiger partial charge in [0.2, 0.25) is 11.8 Å². The van der Waals surface area contributed by atoms with Gasteiger partial charge in [0.15, 0.2) is 0 Å². The minimum Gasteiger partial charge on any atom is -0.366 e. The number of nitrogens with one attached hydrogen (secondary N) is 1. The molecule has 156 valence electrons. The fraction of sp³-hybridized carbons (Fsp3) is 0.400. The van der Waals surface area contributed by atoms with Crippen LogP contribution in [0.3, 0.4) is 0 Å². The van der Waals surface area contributed by atoms with E-state index in [1.807, 2.05) is 22.4 Å². The van der Waals surface area contributed by atoms with Crippen LogP contribution in [-0.2, 0) is 16.0 Å². The van der Waals surface area contributed by atoms with Crippen molar-refractivity contribution in [1.29, 1.82) is 0 Å². The number of thiophene rings is 1. The van der Waals surface area contributed by atoms with Gasteiger partial charge < -0.3 is 26.6 Å². The zero-order valence-electron chi connectivity index (χ0n) is 16.1. The quantitative estimate of drug-likeness (QED) is 0.608. The lowest BCUT2D eigenvalue weighted by Crippen LogP contribution is -2.61. The lowest BCUT2D eigenvalue weighted by Gasteiger charge is -2.37. The lowest BCUT2D eigenvalue weighted by molar-refractivity contribution is -0.136. The number of amides is 2. The summed E-state index contributed by atoms with van der Waals surface area (Å²) in [6, 6.07) is 8.27. The normalized spacial score (nSPS) is 16.4. The van der Waals surface area contributed by atoms with Crippen LogP contribution in [0.4, 0.5) is 10.1 Å². The molecule has 1 aliphatic heterocycles. The van der Waals surface area contributed by atoms with Crippen LogP contribution in [-0.4, -0.2) is 61.5 Å². The highest BCUT2D eigenvalue weighted by Gasteiger charge is 2.32. The molecular formula is C20H26FN5O2S. The van der Waals surface area contributed by atoms with Crippen molar-refractivity contribution in [2.45, 2.75) is 18.5 Å². The molecule has 1 saturated heterocycles. The van der Waals surface area contributed by atoms with Crippen LogP contribution in [0.15, 0.2) is 41.8 Å². The van der Waals surface area contributed by atoms with Gasteiger partial charge >= 0.3 is 0 Å². The van der Waals surface area contributed by atoms with Gasteiger partial charge in [0, 0.05) is 37.6 Å². The smallest absolute Gasteiger partial charge is 0.241 e. The van der Waals surface area contributed by atoms with Gasteiger partial charge in [0.05, 0.1) is 5.69 Å². The molecule has 0 unspecified atom stereocenters.